The van der Waals surface area contributed by atoms with Crippen molar-refractivity contribution in [2.75, 3.05) is 34.4 Å². The summed E-state index contributed by atoms with van der Waals surface area (Å²) >= 11 is 0. The third-order valence-electron chi connectivity index (χ3n) is 4.04. The summed E-state index contributed by atoms with van der Waals surface area (Å²) in [5.74, 6) is 1.28. The van der Waals surface area contributed by atoms with Crippen LogP contribution in [0, 0.1) is 0 Å². The molecule has 2 rings (SSSR count). The molecule has 0 saturated carbocycles. The summed E-state index contributed by atoms with van der Waals surface area (Å²) in [6.07, 6.45) is -0.0917. The molecule has 7 heteroatoms. The maximum absolute atomic E-state index is 10.2. The van der Waals surface area contributed by atoms with Gasteiger partial charge >= 0.3 is 0 Å². The average molecular weight is 363 g/mol. The zero-order valence-corrected chi connectivity index (χ0v) is 15.2. The second-order valence-electron chi connectivity index (χ2n) is 5.75. The highest BCUT2D eigenvalue weighted by atomic mass is 16.5. The van der Waals surface area contributed by atoms with Crippen LogP contribution in [0.3, 0.4) is 0 Å². The smallest absolute Gasteiger partial charge is 0.203 e. The van der Waals surface area contributed by atoms with Crippen molar-refractivity contribution in [3.05, 3.63) is 41.5 Å². The van der Waals surface area contributed by atoms with E-state index in [1.54, 1.807) is 27.4 Å². The van der Waals surface area contributed by atoms with E-state index < -0.39 is 6.10 Å². The molecule has 0 aliphatic rings. The first kappa shape index (κ1) is 19.7. The van der Waals surface area contributed by atoms with Crippen molar-refractivity contribution in [1.29, 1.82) is 0 Å². The van der Waals surface area contributed by atoms with Gasteiger partial charge in [0.2, 0.25) is 5.75 Å². The molecular formula is C19H25NO6. The summed E-state index contributed by atoms with van der Waals surface area (Å²) in [5, 5.41) is 32.1. The highest BCUT2D eigenvalue weighted by molar-refractivity contribution is 5.53. The molecule has 0 fully saturated rings. The third kappa shape index (κ3) is 4.71. The van der Waals surface area contributed by atoms with Crippen molar-refractivity contribution >= 4 is 0 Å². The molecule has 0 saturated heterocycles. The standard InChI is InChI=1S/C19H25NO6/c1-24-17-8-12(9-18(25-2)19(17)26-3)6-7-20-11-16(23)13-4-5-14(21)15(22)10-13/h4-5,8-10,16,20-23H,6-7,11H2,1-3H3/t16-/m1/s1. The third-order valence-corrected chi connectivity index (χ3v) is 4.04. The summed E-state index contributed by atoms with van der Waals surface area (Å²) in [4.78, 5) is 0. The molecule has 7 nitrogen and oxygen atoms in total. The van der Waals surface area contributed by atoms with Gasteiger partial charge in [0.1, 0.15) is 0 Å². The first-order chi connectivity index (χ1) is 12.5. The van der Waals surface area contributed by atoms with Crippen LogP contribution in [0.5, 0.6) is 28.7 Å². The molecule has 2 aromatic rings. The lowest BCUT2D eigenvalue weighted by molar-refractivity contribution is 0.174. The lowest BCUT2D eigenvalue weighted by atomic mass is 10.1. The van der Waals surface area contributed by atoms with E-state index in [4.69, 9.17) is 14.2 Å². The van der Waals surface area contributed by atoms with Crippen molar-refractivity contribution in [3.8, 4) is 28.7 Å². The number of aliphatic hydroxyl groups excluding tert-OH is 1. The van der Waals surface area contributed by atoms with Gasteiger partial charge in [-0.05, 0) is 48.4 Å². The Labute approximate surface area is 152 Å². The van der Waals surface area contributed by atoms with E-state index in [1.807, 2.05) is 12.1 Å². The number of phenolic OH excluding ortho intramolecular Hbond substituents is 2. The van der Waals surface area contributed by atoms with Crippen LogP contribution in [-0.4, -0.2) is 49.7 Å². The molecule has 26 heavy (non-hydrogen) atoms. The minimum atomic E-state index is -0.790. The number of rotatable bonds is 9. The van der Waals surface area contributed by atoms with Crippen LogP contribution in [0.4, 0.5) is 0 Å². The molecule has 0 spiro atoms. The van der Waals surface area contributed by atoms with Crippen molar-refractivity contribution < 1.29 is 29.5 Å². The molecule has 0 radical (unpaired) electrons. The van der Waals surface area contributed by atoms with Gasteiger partial charge in [0, 0.05) is 6.54 Å². The van der Waals surface area contributed by atoms with Crippen LogP contribution in [0.25, 0.3) is 0 Å². The second-order valence-corrected chi connectivity index (χ2v) is 5.75. The number of ether oxygens (including phenoxy) is 3. The van der Waals surface area contributed by atoms with E-state index >= 15 is 0 Å². The molecule has 142 valence electrons. The van der Waals surface area contributed by atoms with Crippen molar-refractivity contribution in [2.45, 2.75) is 12.5 Å². The Hall–Kier alpha value is -2.64. The van der Waals surface area contributed by atoms with Crippen LogP contribution in [0.15, 0.2) is 30.3 Å². The molecular weight excluding hydrogens is 338 g/mol. The Morgan fingerprint density at radius 2 is 1.58 bits per heavy atom. The molecule has 2 aromatic carbocycles. The monoisotopic (exact) mass is 363 g/mol. The van der Waals surface area contributed by atoms with E-state index in [0.717, 1.165) is 5.56 Å². The highest BCUT2D eigenvalue weighted by Crippen LogP contribution is 2.38. The van der Waals surface area contributed by atoms with Gasteiger partial charge in [-0.1, -0.05) is 6.07 Å². The summed E-state index contributed by atoms with van der Waals surface area (Å²) in [6, 6.07) is 8.04. The number of hydrogen-bond donors (Lipinski definition) is 4. The predicted molar refractivity (Wildman–Crippen MR) is 97.4 cm³/mol. The van der Waals surface area contributed by atoms with E-state index in [9.17, 15) is 15.3 Å². The number of aliphatic hydroxyl groups is 1. The van der Waals surface area contributed by atoms with Gasteiger partial charge in [0.15, 0.2) is 23.0 Å². The van der Waals surface area contributed by atoms with E-state index in [1.165, 1.54) is 12.1 Å². The van der Waals surface area contributed by atoms with Crippen LogP contribution < -0.4 is 19.5 Å². The van der Waals surface area contributed by atoms with Gasteiger partial charge in [0.25, 0.3) is 0 Å². The number of nitrogens with one attached hydrogen (secondary N) is 1. The highest BCUT2D eigenvalue weighted by Gasteiger charge is 2.13. The maximum Gasteiger partial charge on any atom is 0.203 e. The van der Waals surface area contributed by atoms with Crippen molar-refractivity contribution in [2.24, 2.45) is 0 Å². The van der Waals surface area contributed by atoms with Crippen molar-refractivity contribution in [1.82, 2.24) is 5.32 Å². The largest absolute Gasteiger partial charge is 0.504 e. The molecule has 0 aliphatic heterocycles. The first-order valence-corrected chi connectivity index (χ1v) is 8.19. The summed E-state index contributed by atoms with van der Waals surface area (Å²) < 4.78 is 16.0. The zero-order chi connectivity index (χ0) is 19.1. The lowest BCUT2D eigenvalue weighted by Gasteiger charge is -2.15. The Bertz CT molecular complexity index is 709. The minimum absolute atomic E-state index is 0.212. The van der Waals surface area contributed by atoms with Crippen LogP contribution in [0.2, 0.25) is 0 Å². The van der Waals surface area contributed by atoms with Crippen LogP contribution in [-0.2, 0) is 6.42 Å². The summed E-state index contributed by atoms with van der Waals surface area (Å²) in [7, 11) is 4.70. The molecule has 0 aromatic heterocycles. The predicted octanol–water partition coefficient (Wildman–Crippen LogP) is 1.99. The zero-order valence-electron chi connectivity index (χ0n) is 15.2. The molecule has 0 bridgehead atoms. The van der Waals surface area contributed by atoms with Gasteiger partial charge in [-0.15, -0.1) is 0 Å². The normalized spacial score (nSPS) is 11.8. The number of aromatic hydroxyl groups is 2. The Morgan fingerprint density at radius 1 is 0.923 bits per heavy atom. The molecule has 0 amide bonds. The van der Waals surface area contributed by atoms with Gasteiger partial charge < -0.3 is 34.8 Å². The number of hydrogen-bond acceptors (Lipinski definition) is 7. The van der Waals surface area contributed by atoms with Gasteiger partial charge in [0.05, 0.1) is 27.4 Å². The quantitative estimate of drug-likeness (QED) is 0.399. The van der Waals surface area contributed by atoms with E-state index in [2.05, 4.69) is 5.32 Å². The fourth-order valence-corrected chi connectivity index (χ4v) is 2.62. The van der Waals surface area contributed by atoms with Crippen LogP contribution in [0.1, 0.15) is 17.2 Å². The molecule has 0 heterocycles. The molecule has 1 atom stereocenters. The van der Waals surface area contributed by atoms with E-state index in [-0.39, 0.29) is 11.5 Å². The number of methoxy groups -OCH3 is 3. The summed E-state index contributed by atoms with van der Waals surface area (Å²) in [6.45, 7) is 0.939. The van der Waals surface area contributed by atoms with Crippen molar-refractivity contribution in [3.63, 3.8) is 0 Å². The average Bonchev–Trinajstić information content (AvgIpc) is 2.66. The first-order valence-electron chi connectivity index (χ1n) is 8.19. The maximum atomic E-state index is 10.2. The molecule has 0 aliphatic carbocycles. The Kier molecular flexibility index (Phi) is 6.94. The minimum Gasteiger partial charge on any atom is -0.504 e. The SMILES string of the molecule is COc1cc(CCNC[C@@H](O)c2ccc(O)c(O)c2)cc(OC)c1OC. The van der Waals surface area contributed by atoms with Gasteiger partial charge in [-0.3, -0.25) is 0 Å². The number of benzene rings is 2. The fourth-order valence-electron chi connectivity index (χ4n) is 2.62. The van der Waals surface area contributed by atoms with Gasteiger partial charge in [-0.25, -0.2) is 0 Å². The molecule has 4 N–H and O–H groups in total. The lowest BCUT2D eigenvalue weighted by Crippen LogP contribution is -2.23. The van der Waals surface area contributed by atoms with E-state index in [0.29, 0.717) is 42.3 Å². The Morgan fingerprint density at radius 3 is 2.12 bits per heavy atom. The Balaban J connectivity index is 1.92. The second kappa shape index (κ2) is 9.17. The topological polar surface area (TPSA) is 100 Å². The summed E-state index contributed by atoms with van der Waals surface area (Å²) in [5.41, 5.74) is 1.53. The van der Waals surface area contributed by atoms with Crippen LogP contribution >= 0.6 is 0 Å². The van der Waals surface area contributed by atoms with Gasteiger partial charge in [-0.2, -0.15) is 0 Å². The molecule has 0 unspecified atom stereocenters. The fraction of sp³-hybridized carbons (Fsp3) is 0.368. The number of phenols is 2.